The number of rotatable bonds is 3. The quantitative estimate of drug-likeness (QED) is 0.855. The second-order valence-corrected chi connectivity index (χ2v) is 6.76. The maximum absolute atomic E-state index is 13.0. The largest absolute Gasteiger partial charge is 0.334 e. The maximum atomic E-state index is 13.0. The summed E-state index contributed by atoms with van der Waals surface area (Å²) in [6.45, 7) is 0. The van der Waals surface area contributed by atoms with Crippen LogP contribution in [-0.4, -0.2) is 29.5 Å². The van der Waals surface area contributed by atoms with Gasteiger partial charge in [-0.2, -0.15) is 5.10 Å². The zero-order chi connectivity index (χ0) is 18.1. The number of hydrazone groups is 1. The summed E-state index contributed by atoms with van der Waals surface area (Å²) in [5.74, 6) is -0.179. The molecule has 0 spiro atoms. The lowest BCUT2D eigenvalue weighted by Gasteiger charge is -2.29. The molecule has 26 heavy (non-hydrogen) atoms. The molecule has 132 valence electrons. The highest BCUT2D eigenvalue weighted by molar-refractivity contribution is 6.40. The standard InChI is InChI=1S/C21H21N3O2/c1-23(19-13-11-15-7-5-6-10-17(15)19)21(26)18-12-14-20(25)24(22-18)16-8-3-2-4-9-16/h2-10,19H,11-14H2,1H3. The SMILES string of the molecule is CN(C(=O)C1=NN(c2ccccc2)C(=O)CC1)C1CCc2ccccc21. The van der Waals surface area contributed by atoms with Crippen molar-refractivity contribution >= 4 is 23.2 Å². The van der Waals surface area contributed by atoms with Crippen LogP contribution in [0.1, 0.15) is 36.4 Å². The molecule has 2 amide bonds. The molecule has 1 atom stereocenters. The molecule has 1 aliphatic heterocycles. The van der Waals surface area contributed by atoms with Crippen LogP contribution in [0, 0.1) is 0 Å². The number of hydrogen-bond acceptors (Lipinski definition) is 3. The van der Waals surface area contributed by atoms with Crippen molar-refractivity contribution in [2.24, 2.45) is 5.10 Å². The molecule has 0 saturated heterocycles. The topological polar surface area (TPSA) is 53.0 Å². The lowest BCUT2D eigenvalue weighted by atomic mass is 10.1. The van der Waals surface area contributed by atoms with Crippen LogP contribution in [0.15, 0.2) is 59.7 Å². The van der Waals surface area contributed by atoms with E-state index in [1.54, 1.807) is 4.90 Å². The van der Waals surface area contributed by atoms with E-state index in [1.807, 2.05) is 49.5 Å². The highest BCUT2D eigenvalue weighted by atomic mass is 16.2. The Morgan fingerprint density at radius 2 is 1.77 bits per heavy atom. The van der Waals surface area contributed by atoms with Crippen LogP contribution in [0.2, 0.25) is 0 Å². The van der Waals surface area contributed by atoms with E-state index in [2.05, 4.69) is 17.2 Å². The first-order valence-corrected chi connectivity index (χ1v) is 8.95. The summed E-state index contributed by atoms with van der Waals surface area (Å²) in [6, 6.07) is 17.6. The van der Waals surface area contributed by atoms with Crippen molar-refractivity contribution in [2.75, 3.05) is 12.1 Å². The van der Waals surface area contributed by atoms with E-state index >= 15 is 0 Å². The van der Waals surface area contributed by atoms with Crippen molar-refractivity contribution in [3.63, 3.8) is 0 Å². The maximum Gasteiger partial charge on any atom is 0.270 e. The van der Waals surface area contributed by atoms with E-state index in [0.29, 0.717) is 24.2 Å². The number of amides is 2. The normalized spacial score (nSPS) is 19.1. The third kappa shape index (κ3) is 2.90. The first kappa shape index (κ1) is 16.5. The molecule has 0 fully saturated rings. The molecule has 2 aromatic rings. The second kappa shape index (κ2) is 6.75. The van der Waals surface area contributed by atoms with Gasteiger partial charge in [-0.25, -0.2) is 5.01 Å². The molecule has 5 heteroatoms. The zero-order valence-corrected chi connectivity index (χ0v) is 14.8. The molecule has 1 aliphatic carbocycles. The number of carbonyl (C=O) groups excluding carboxylic acids is 2. The molecule has 5 nitrogen and oxygen atoms in total. The number of anilines is 1. The van der Waals surface area contributed by atoms with Gasteiger partial charge in [0.15, 0.2) is 0 Å². The minimum atomic E-state index is -0.0971. The predicted molar refractivity (Wildman–Crippen MR) is 101 cm³/mol. The van der Waals surface area contributed by atoms with Crippen molar-refractivity contribution in [3.05, 3.63) is 65.7 Å². The number of para-hydroxylation sites is 1. The summed E-state index contributed by atoms with van der Waals surface area (Å²) in [4.78, 5) is 27.1. The Kier molecular flexibility index (Phi) is 4.29. The number of carbonyl (C=O) groups is 2. The fraction of sp³-hybridized carbons (Fsp3) is 0.286. The van der Waals surface area contributed by atoms with Gasteiger partial charge in [0.1, 0.15) is 5.71 Å². The van der Waals surface area contributed by atoms with Crippen LogP contribution in [0.25, 0.3) is 0 Å². The number of nitrogens with zero attached hydrogens (tertiary/aromatic N) is 3. The van der Waals surface area contributed by atoms with Crippen molar-refractivity contribution < 1.29 is 9.59 Å². The van der Waals surface area contributed by atoms with Crippen molar-refractivity contribution in [2.45, 2.75) is 31.7 Å². The molecule has 1 unspecified atom stereocenters. The minimum absolute atomic E-state index is 0.0733. The Hall–Kier alpha value is -2.95. The first-order valence-electron chi connectivity index (χ1n) is 8.95. The first-order chi connectivity index (χ1) is 12.6. The van der Waals surface area contributed by atoms with Gasteiger partial charge in [-0.3, -0.25) is 9.59 Å². The summed E-state index contributed by atoms with van der Waals surface area (Å²) in [5, 5.41) is 5.75. The molecule has 0 aromatic heterocycles. The number of aryl methyl sites for hydroxylation is 1. The Balaban J connectivity index is 1.59. The molecular formula is C21H21N3O2. The summed E-state index contributed by atoms with van der Waals surface area (Å²) >= 11 is 0. The van der Waals surface area contributed by atoms with E-state index < -0.39 is 0 Å². The van der Waals surface area contributed by atoms with Crippen LogP contribution >= 0.6 is 0 Å². The fourth-order valence-electron chi connectivity index (χ4n) is 3.76. The molecule has 0 saturated carbocycles. The number of benzene rings is 2. The highest BCUT2D eigenvalue weighted by Gasteiger charge is 2.32. The Morgan fingerprint density at radius 1 is 1.04 bits per heavy atom. The molecular weight excluding hydrogens is 326 g/mol. The fourth-order valence-corrected chi connectivity index (χ4v) is 3.76. The van der Waals surface area contributed by atoms with Gasteiger partial charge >= 0.3 is 0 Å². The van der Waals surface area contributed by atoms with Crippen molar-refractivity contribution in [1.82, 2.24) is 4.90 Å². The lowest BCUT2D eigenvalue weighted by molar-refractivity contribution is -0.125. The zero-order valence-electron chi connectivity index (χ0n) is 14.8. The van der Waals surface area contributed by atoms with Crippen LogP contribution in [0.3, 0.4) is 0 Å². The van der Waals surface area contributed by atoms with Gasteiger partial charge in [-0.1, -0.05) is 42.5 Å². The van der Waals surface area contributed by atoms with Gasteiger partial charge in [0.25, 0.3) is 5.91 Å². The van der Waals surface area contributed by atoms with Crippen LogP contribution < -0.4 is 5.01 Å². The molecule has 2 aliphatic rings. The Labute approximate surface area is 152 Å². The molecule has 1 heterocycles. The van der Waals surface area contributed by atoms with E-state index in [-0.39, 0.29) is 17.9 Å². The monoisotopic (exact) mass is 347 g/mol. The molecule has 0 bridgehead atoms. The van der Waals surface area contributed by atoms with Crippen molar-refractivity contribution in [3.8, 4) is 0 Å². The Bertz CT molecular complexity index is 876. The molecule has 0 N–H and O–H groups in total. The lowest BCUT2D eigenvalue weighted by Crippen LogP contribution is -2.41. The van der Waals surface area contributed by atoms with E-state index in [1.165, 1.54) is 16.1 Å². The van der Waals surface area contributed by atoms with E-state index in [0.717, 1.165) is 12.8 Å². The van der Waals surface area contributed by atoms with E-state index in [4.69, 9.17) is 0 Å². The summed E-state index contributed by atoms with van der Waals surface area (Å²) in [6.07, 6.45) is 2.60. The predicted octanol–water partition coefficient (Wildman–Crippen LogP) is 3.32. The molecule has 0 radical (unpaired) electrons. The summed E-state index contributed by atoms with van der Waals surface area (Å²) in [5.41, 5.74) is 3.66. The number of fused-ring (bicyclic) bond motifs is 1. The smallest absolute Gasteiger partial charge is 0.270 e. The molecule has 2 aromatic carbocycles. The van der Waals surface area contributed by atoms with Crippen LogP contribution in [0.4, 0.5) is 5.69 Å². The van der Waals surface area contributed by atoms with Gasteiger partial charge in [0, 0.05) is 19.9 Å². The van der Waals surface area contributed by atoms with Crippen LogP contribution in [-0.2, 0) is 16.0 Å². The second-order valence-electron chi connectivity index (χ2n) is 6.76. The average Bonchev–Trinajstić information content (AvgIpc) is 3.12. The van der Waals surface area contributed by atoms with Crippen LogP contribution in [0.5, 0.6) is 0 Å². The van der Waals surface area contributed by atoms with Gasteiger partial charge in [-0.05, 0) is 36.1 Å². The number of hydrogen-bond donors (Lipinski definition) is 0. The summed E-state index contributed by atoms with van der Waals surface area (Å²) in [7, 11) is 1.83. The third-order valence-electron chi connectivity index (χ3n) is 5.17. The average molecular weight is 347 g/mol. The third-order valence-corrected chi connectivity index (χ3v) is 5.17. The van der Waals surface area contributed by atoms with Crippen molar-refractivity contribution in [1.29, 1.82) is 0 Å². The molecule has 4 rings (SSSR count). The van der Waals surface area contributed by atoms with Gasteiger partial charge < -0.3 is 4.90 Å². The van der Waals surface area contributed by atoms with E-state index in [9.17, 15) is 9.59 Å². The van der Waals surface area contributed by atoms with Gasteiger partial charge in [0.2, 0.25) is 5.91 Å². The minimum Gasteiger partial charge on any atom is -0.334 e. The highest BCUT2D eigenvalue weighted by Crippen LogP contribution is 2.35. The van der Waals surface area contributed by atoms with Gasteiger partial charge in [0.05, 0.1) is 11.7 Å². The van der Waals surface area contributed by atoms with Gasteiger partial charge in [-0.15, -0.1) is 0 Å². The summed E-state index contributed by atoms with van der Waals surface area (Å²) < 4.78 is 0. The Morgan fingerprint density at radius 3 is 2.58 bits per heavy atom.